The van der Waals surface area contributed by atoms with Gasteiger partial charge in [0.15, 0.2) is 0 Å². The highest BCUT2D eigenvalue weighted by Crippen LogP contribution is 2.07. The molecular formula is C10H12N2O4. The van der Waals surface area contributed by atoms with Crippen molar-refractivity contribution in [3.8, 4) is 5.75 Å². The molecule has 86 valence electrons. The minimum atomic E-state index is -1.18. The van der Waals surface area contributed by atoms with E-state index in [-0.39, 0.29) is 6.54 Å². The molecule has 0 heterocycles. The van der Waals surface area contributed by atoms with Gasteiger partial charge in [0.2, 0.25) is 0 Å². The summed E-state index contributed by atoms with van der Waals surface area (Å²) >= 11 is 0. The number of aliphatic carboxylic acids is 1. The molecule has 0 aliphatic rings. The molecule has 0 aliphatic heterocycles. The zero-order valence-electron chi connectivity index (χ0n) is 8.42. The van der Waals surface area contributed by atoms with Gasteiger partial charge in [-0.05, 0) is 12.1 Å². The Labute approximate surface area is 92.0 Å². The van der Waals surface area contributed by atoms with Crippen molar-refractivity contribution in [2.75, 3.05) is 6.54 Å². The quantitative estimate of drug-likeness (QED) is 0.677. The van der Waals surface area contributed by atoms with Crippen LogP contribution in [0.5, 0.6) is 5.75 Å². The molecule has 0 saturated heterocycles. The number of nitrogens with one attached hydrogen (secondary N) is 1. The van der Waals surface area contributed by atoms with Gasteiger partial charge in [0, 0.05) is 6.54 Å². The summed E-state index contributed by atoms with van der Waals surface area (Å²) in [7, 11) is 0. The second kappa shape index (κ2) is 5.72. The molecule has 4 N–H and O–H groups in total. The molecule has 6 heteroatoms. The normalized spacial score (nSPS) is 11.6. The maximum Gasteiger partial charge on any atom is 0.412 e. The smallest absolute Gasteiger partial charge is 0.412 e. The number of hydrogen-bond donors (Lipinski definition) is 3. The molecule has 0 aromatic heterocycles. The number of para-hydroxylation sites is 1. The first-order chi connectivity index (χ1) is 7.59. The number of hydrogen-bond acceptors (Lipinski definition) is 4. The van der Waals surface area contributed by atoms with Crippen LogP contribution in [0.3, 0.4) is 0 Å². The van der Waals surface area contributed by atoms with Gasteiger partial charge in [0.25, 0.3) is 0 Å². The summed E-state index contributed by atoms with van der Waals surface area (Å²) in [6.07, 6.45) is -0.733. The van der Waals surface area contributed by atoms with Gasteiger partial charge in [-0.3, -0.25) is 4.79 Å². The first kappa shape index (κ1) is 12.0. The monoisotopic (exact) mass is 224 g/mol. The number of nitrogens with two attached hydrogens (primary N) is 1. The van der Waals surface area contributed by atoms with Crippen molar-refractivity contribution in [1.29, 1.82) is 0 Å². The summed E-state index contributed by atoms with van der Waals surface area (Å²) in [4.78, 5) is 21.5. The van der Waals surface area contributed by atoms with Gasteiger partial charge >= 0.3 is 12.1 Å². The van der Waals surface area contributed by atoms with Gasteiger partial charge in [-0.15, -0.1) is 0 Å². The van der Waals surface area contributed by atoms with Crippen molar-refractivity contribution >= 4 is 12.1 Å². The van der Waals surface area contributed by atoms with Gasteiger partial charge in [0.1, 0.15) is 11.8 Å². The van der Waals surface area contributed by atoms with E-state index in [0.29, 0.717) is 5.75 Å². The molecule has 0 aliphatic carbocycles. The van der Waals surface area contributed by atoms with Gasteiger partial charge in [-0.25, -0.2) is 4.79 Å². The summed E-state index contributed by atoms with van der Waals surface area (Å²) in [5.41, 5.74) is 5.19. The van der Waals surface area contributed by atoms with E-state index in [1.54, 1.807) is 30.3 Å². The zero-order valence-corrected chi connectivity index (χ0v) is 8.42. The standard InChI is InChI=1S/C10H12N2O4/c11-8(9(13)14)6-12-10(15)16-7-4-2-1-3-5-7/h1-5,8H,6,11H2,(H,12,15)(H,13,14)/t8-/m0/s1. The Bertz CT molecular complexity index is 366. The summed E-state index contributed by atoms with van der Waals surface area (Å²) in [6.45, 7) is -0.180. The van der Waals surface area contributed by atoms with Gasteiger partial charge in [-0.1, -0.05) is 18.2 Å². The third kappa shape index (κ3) is 3.97. The third-order valence-electron chi connectivity index (χ3n) is 1.74. The molecule has 0 radical (unpaired) electrons. The number of carbonyl (C=O) groups is 2. The lowest BCUT2D eigenvalue weighted by molar-refractivity contribution is -0.138. The molecular weight excluding hydrogens is 212 g/mol. The minimum Gasteiger partial charge on any atom is -0.480 e. The van der Waals surface area contributed by atoms with Crippen molar-refractivity contribution < 1.29 is 19.4 Å². The Morgan fingerprint density at radius 1 is 1.38 bits per heavy atom. The van der Waals surface area contributed by atoms with E-state index >= 15 is 0 Å². The Morgan fingerprint density at radius 3 is 2.56 bits per heavy atom. The number of rotatable bonds is 4. The molecule has 6 nitrogen and oxygen atoms in total. The summed E-state index contributed by atoms with van der Waals surface area (Å²) < 4.78 is 4.85. The first-order valence-corrected chi connectivity index (χ1v) is 4.58. The molecule has 1 amide bonds. The van der Waals surface area contributed by atoms with Crippen molar-refractivity contribution in [2.24, 2.45) is 5.73 Å². The predicted molar refractivity (Wildman–Crippen MR) is 56.1 cm³/mol. The Kier molecular flexibility index (Phi) is 4.28. The van der Waals surface area contributed by atoms with Gasteiger partial charge in [0.05, 0.1) is 0 Å². The van der Waals surface area contributed by atoms with Crippen molar-refractivity contribution in [1.82, 2.24) is 5.32 Å². The number of benzene rings is 1. The number of amides is 1. The van der Waals surface area contributed by atoms with E-state index in [2.05, 4.69) is 5.32 Å². The molecule has 0 fully saturated rings. The SMILES string of the molecule is N[C@@H](CNC(=O)Oc1ccccc1)C(=O)O. The molecule has 1 rings (SSSR count). The van der Waals surface area contributed by atoms with E-state index in [1.807, 2.05) is 0 Å². The predicted octanol–water partition coefficient (Wildman–Crippen LogP) is 0.187. The Balaban J connectivity index is 2.35. The van der Waals surface area contributed by atoms with Crippen molar-refractivity contribution in [3.05, 3.63) is 30.3 Å². The minimum absolute atomic E-state index is 0.180. The molecule has 1 atom stereocenters. The molecule has 0 saturated carbocycles. The molecule has 0 unspecified atom stereocenters. The fourth-order valence-electron chi connectivity index (χ4n) is 0.912. The van der Waals surface area contributed by atoms with Crippen LogP contribution in [-0.2, 0) is 4.79 Å². The highest BCUT2D eigenvalue weighted by molar-refractivity contribution is 5.75. The van der Waals surface area contributed by atoms with Crippen molar-refractivity contribution in [3.63, 3.8) is 0 Å². The summed E-state index contributed by atoms with van der Waals surface area (Å²) in [5, 5.41) is 10.7. The highest BCUT2D eigenvalue weighted by Gasteiger charge is 2.13. The summed E-state index contributed by atoms with van der Waals surface area (Å²) in [6, 6.07) is 7.29. The third-order valence-corrected chi connectivity index (χ3v) is 1.74. The number of carboxylic acids is 1. The van der Waals surface area contributed by atoms with E-state index in [1.165, 1.54) is 0 Å². The van der Waals surface area contributed by atoms with Crippen LogP contribution in [0.15, 0.2) is 30.3 Å². The Hall–Kier alpha value is -2.08. The van der Waals surface area contributed by atoms with Crippen LogP contribution in [0.4, 0.5) is 4.79 Å². The second-order valence-electron chi connectivity index (χ2n) is 3.03. The van der Waals surface area contributed by atoms with Gasteiger partial charge < -0.3 is 20.9 Å². The summed E-state index contributed by atoms with van der Waals surface area (Å²) in [5.74, 6) is -0.802. The van der Waals surface area contributed by atoms with E-state index in [9.17, 15) is 9.59 Å². The highest BCUT2D eigenvalue weighted by atomic mass is 16.6. The fraction of sp³-hybridized carbons (Fsp3) is 0.200. The van der Waals surface area contributed by atoms with Crippen LogP contribution >= 0.6 is 0 Å². The molecule has 16 heavy (non-hydrogen) atoms. The van der Waals surface area contributed by atoms with E-state index < -0.39 is 18.1 Å². The fourth-order valence-corrected chi connectivity index (χ4v) is 0.912. The van der Waals surface area contributed by atoms with Crippen LogP contribution in [0.1, 0.15) is 0 Å². The van der Waals surface area contributed by atoms with Crippen LogP contribution in [0, 0.1) is 0 Å². The van der Waals surface area contributed by atoms with E-state index in [4.69, 9.17) is 15.6 Å². The molecule has 1 aromatic carbocycles. The van der Waals surface area contributed by atoms with Crippen LogP contribution in [0.25, 0.3) is 0 Å². The number of carbonyl (C=O) groups excluding carboxylic acids is 1. The maximum atomic E-state index is 11.2. The average Bonchev–Trinajstić information content (AvgIpc) is 2.27. The largest absolute Gasteiger partial charge is 0.480 e. The topological polar surface area (TPSA) is 102 Å². The van der Waals surface area contributed by atoms with Crippen LogP contribution in [-0.4, -0.2) is 29.8 Å². The lowest BCUT2D eigenvalue weighted by atomic mass is 10.3. The van der Waals surface area contributed by atoms with Crippen LogP contribution in [0.2, 0.25) is 0 Å². The maximum absolute atomic E-state index is 11.2. The van der Waals surface area contributed by atoms with E-state index in [0.717, 1.165) is 0 Å². The first-order valence-electron chi connectivity index (χ1n) is 4.58. The Morgan fingerprint density at radius 2 is 2.00 bits per heavy atom. The van der Waals surface area contributed by atoms with Crippen LogP contribution < -0.4 is 15.8 Å². The molecule has 1 aromatic rings. The second-order valence-corrected chi connectivity index (χ2v) is 3.03. The number of ether oxygens (including phenoxy) is 1. The molecule has 0 spiro atoms. The van der Waals surface area contributed by atoms with Gasteiger partial charge in [-0.2, -0.15) is 0 Å². The number of carboxylic acid groups (broad SMARTS) is 1. The van der Waals surface area contributed by atoms with Crippen molar-refractivity contribution in [2.45, 2.75) is 6.04 Å². The zero-order chi connectivity index (χ0) is 12.0. The lowest BCUT2D eigenvalue weighted by Gasteiger charge is -2.08. The molecule has 0 bridgehead atoms. The lowest BCUT2D eigenvalue weighted by Crippen LogP contribution is -2.43. The average molecular weight is 224 g/mol.